The summed E-state index contributed by atoms with van der Waals surface area (Å²) in [5, 5.41) is 11.5. The minimum Gasteiger partial charge on any atom is -0.440 e. The molecule has 1 heterocycles. The second kappa shape index (κ2) is 5.39. The fraction of sp³-hybridized carbons (Fsp3) is 0.0769. The molecule has 1 N–H and O–H groups in total. The second-order valence-electron chi connectivity index (χ2n) is 3.60. The average molecular weight is 261 g/mol. The van der Waals surface area contributed by atoms with Crippen LogP contribution in [0.4, 0.5) is 0 Å². The van der Waals surface area contributed by atoms with Gasteiger partial charge in [-0.3, -0.25) is 4.79 Å². The van der Waals surface area contributed by atoms with Crippen LogP contribution in [0, 0.1) is 11.3 Å². The number of hydrogen-bond donors (Lipinski definition) is 1. The van der Waals surface area contributed by atoms with E-state index in [2.05, 4.69) is 5.32 Å². The molecule has 0 saturated carbocycles. The van der Waals surface area contributed by atoms with Crippen molar-refractivity contribution in [2.75, 3.05) is 0 Å². The Hall–Kier alpha value is -2.25. The molecule has 0 aliphatic heterocycles. The molecule has 0 atom stereocenters. The summed E-state index contributed by atoms with van der Waals surface area (Å²) in [6, 6.07) is 12.0. The maximum atomic E-state index is 11.6. The van der Waals surface area contributed by atoms with E-state index in [-0.39, 0.29) is 16.9 Å². The van der Waals surface area contributed by atoms with Crippen LogP contribution >= 0.6 is 11.6 Å². The molecule has 0 bridgehead atoms. The highest BCUT2D eigenvalue weighted by atomic mass is 35.5. The first-order valence-corrected chi connectivity index (χ1v) is 5.59. The van der Waals surface area contributed by atoms with Crippen LogP contribution in [-0.2, 0) is 6.54 Å². The highest BCUT2D eigenvalue weighted by Gasteiger charge is 2.09. The number of hydrogen-bond acceptors (Lipinski definition) is 3. The van der Waals surface area contributed by atoms with E-state index in [1.54, 1.807) is 24.3 Å². The number of carbonyl (C=O) groups excluding carboxylic acids is 1. The lowest BCUT2D eigenvalue weighted by molar-refractivity contribution is 0.0923. The summed E-state index contributed by atoms with van der Waals surface area (Å²) in [5.74, 6) is -0.153. The number of carbonyl (C=O) groups is 1. The minimum atomic E-state index is -0.328. The minimum absolute atomic E-state index is 0.175. The lowest BCUT2D eigenvalue weighted by atomic mass is 10.1. The van der Waals surface area contributed by atoms with Crippen molar-refractivity contribution >= 4 is 17.5 Å². The fourth-order valence-corrected chi connectivity index (χ4v) is 1.55. The Bertz CT molecular complexity index is 596. The summed E-state index contributed by atoms with van der Waals surface area (Å²) in [4.78, 5) is 11.6. The molecule has 1 aromatic heterocycles. The number of nitriles is 1. The van der Waals surface area contributed by atoms with Crippen molar-refractivity contribution in [2.45, 2.75) is 6.54 Å². The van der Waals surface area contributed by atoms with Crippen LogP contribution in [0.5, 0.6) is 0 Å². The Labute approximate surface area is 109 Å². The van der Waals surface area contributed by atoms with Crippen molar-refractivity contribution in [3.63, 3.8) is 0 Å². The fourth-order valence-electron chi connectivity index (χ4n) is 1.40. The van der Waals surface area contributed by atoms with Crippen LogP contribution in [0.2, 0.25) is 5.22 Å². The van der Waals surface area contributed by atoms with Crippen molar-refractivity contribution in [3.05, 3.63) is 58.5 Å². The van der Waals surface area contributed by atoms with Crippen molar-refractivity contribution < 1.29 is 9.21 Å². The molecular formula is C13H9ClN2O2. The van der Waals surface area contributed by atoms with Gasteiger partial charge < -0.3 is 9.73 Å². The van der Waals surface area contributed by atoms with E-state index < -0.39 is 0 Å². The smallest absolute Gasteiger partial charge is 0.287 e. The van der Waals surface area contributed by atoms with Gasteiger partial charge in [-0.05, 0) is 41.4 Å². The van der Waals surface area contributed by atoms with E-state index >= 15 is 0 Å². The van der Waals surface area contributed by atoms with Crippen LogP contribution in [0.25, 0.3) is 0 Å². The standard InChI is InChI=1S/C13H9ClN2O2/c14-12-6-5-11(18-12)13(17)16-8-10-3-1-9(7-15)2-4-10/h1-6H,8H2,(H,16,17). The molecule has 0 spiro atoms. The molecule has 0 aliphatic rings. The third kappa shape index (κ3) is 2.90. The molecule has 1 amide bonds. The predicted octanol–water partition coefficient (Wildman–Crippen LogP) is 2.73. The van der Waals surface area contributed by atoms with Crippen LogP contribution in [0.15, 0.2) is 40.8 Å². The normalized spacial score (nSPS) is 9.78. The van der Waals surface area contributed by atoms with Gasteiger partial charge in [-0.25, -0.2) is 0 Å². The molecule has 0 aliphatic carbocycles. The summed E-state index contributed by atoms with van der Waals surface area (Å²) in [6.07, 6.45) is 0. The molecule has 90 valence electrons. The van der Waals surface area contributed by atoms with Gasteiger partial charge in [0.1, 0.15) is 0 Å². The monoisotopic (exact) mass is 260 g/mol. The first-order valence-electron chi connectivity index (χ1n) is 5.21. The Balaban J connectivity index is 1.95. The van der Waals surface area contributed by atoms with Gasteiger partial charge in [-0.15, -0.1) is 0 Å². The molecule has 2 aromatic rings. The second-order valence-corrected chi connectivity index (χ2v) is 3.97. The zero-order chi connectivity index (χ0) is 13.0. The molecular weight excluding hydrogens is 252 g/mol. The molecule has 0 fully saturated rings. The summed E-state index contributed by atoms with van der Waals surface area (Å²) in [5.41, 5.74) is 1.49. The van der Waals surface area contributed by atoms with Gasteiger partial charge in [0.05, 0.1) is 11.6 Å². The van der Waals surface area contributed by atoms with Crippen LogP contribution in [0.3, 0.4) is 0 Å². The maximum Gasteiger partial charge on any atom is 0.287 e. The highest BCUT2D eigenvalue weighted by molar-refractivity contribution is 6.29. The van der Waals surface area contributed by atoms with E-state index in [0.717, 1.165) is 5.56 Å². The number of benzene rings is 1. The van der Waals surface area contributed by atoms with Crippen molar-refractivity contribution in [3.8, 4) is 6.07 Å². The van der Waals surface area contributed by atoms with E-state index in [4.69, 9.17) is 21.3 Å². The largest absolute Gasteiger partial charge is 0.440 e. The summed E-state index contributed by atoms with van der Waals surface area (Å²) in [6.45, 7) is 0.364. The lowest BCUT2D eigenvalue weighted by Crippen LogP contribution is -2.22. The van der Waals surface area contributed by atoms with Gasteiger partial charge in [0.25, 0.3) is 5.91 Å². The highest BCUT2D eigenvalue weighted by Crippen LogP contribution is 2.13. The SMILES string of the molecule is N#Cc1ccc(CNC(=O)c2ccc(Cl)o2)cc1. The molecule has 1 aromatic carbocycles. The van der Waals surface area contributed by atoms with Gasteiger partial charge in [0, 0.05) is 6.54 Å². The number of nitrogens with zero attached hydrogens (tertiary/aromatic N) is 1. The number of amides is 1. The summed E-state index contributed by atoms with van der Waals surface area (Å²) >= 11 is 5.58. The molecule has 0 radical (unpaired) electrons. The number of halogens is 1. The van der Waals surface area contributed by atoms with E-state index in [1.165, 1.54) is 12.1 Å². The summed E-state index contributed by atoms with van der Waals surface area (Å²) in [7, 11) is 0. The van der Waals surface area contributed by atoms with Gasteiger partial charge in [0.2, 0.25) is 0 Å². The van der Waals surface area contributed by atoms with E-state index in [0.29, 0.717) is 12.1 Å². The predicted molar refractivity (Wildman–Crippen MR) is 66.0 cm³/mol. The Morgan fingerprint density at radius 1 is 1.28 bits per heavy atom. The quantitative estimate of drug-likeness (QED) is 0.923. The van der Waals surface area contributed by atoms with Crippen molar-refractivity contribution in [1.82, 2.24) is 5.32 Å². The maximum absolute atomic E-state index is 11.6. The number of furan rings is 1. The van der Waals surface area contributed by atoms with Crippen LogP contribution in [0.1, 0.15) is 21.7 Å². The summed E-state index contributed by atoms with van der Waals surface area (Å²) < 4.78 is 4.98. The first kappa shape index (κ1) is 12.2. The van der Waals surface area contributed by atoms with Crippen molar-refractivity contribution in [2.24, 2.45) is 0 Å². The van der Waals surface area contributed by atoms with Crippen molar-refractivity contribution in [1.29, 1.82) is 5.26 Å². The number of rotatable bonds is 3. The Morgan fingerprint density at radius 3 is 2.56 bits per heavy atom. The molecule has 5 heteroatoms. The third-order valence-electron chi connectivity index (χ3n) is 2.33. The Morgan fingerprint density at radius 2 is 2.00 bits per heavy atom. The van der Waals surface area contributed by atoms with E-state index in [1.807, 2.05) is 6.07 Å². The topological polar surface area (TPSA) is 66.0 Å². The molecule has 0 unspecified atom stereocenters. The first-order chi connectivity index (χ1) is 8.69. The van der Waals surface area contributed by atoms with Gasteiger partial charge in [-0.1, -0.05) is 12.1 Å². The van der Waals surface area contributed by atoms with Gasteiger partial charge in [-0.2, -0.15) is 5.26 Å². The van der Waals surface area contributed by atoms with Crippen LogP contribution in [-0.4, -0.2) is 5.91 Å². The van der Waals surface area contributed by atoms with Gasteiger partial charge in [0.15, 0.2) is 11.0 Å². The Kier molecular flexibility index (Phi) is 3.66. The van der Waals surface area contributed by atoms with E-state index in [9.17, 15) is 4.79 Å². The van der Waals surface area contributed by atoms with Crippen LogP contribution < -0.4 is 5.32 Å². The average Bonchev–Trinajstić information content (AvgIpc) is 2.83. The molecule has 0 saturated heterocycles. The molecule has 4 nitrogen and oxygen atoms in total. The molecule has 2 rings (SSSR count). The zero-order valence-corrected chi connectivity index (χ0v) is 10.1. The molecule has 18 heavy (non-hydrogen) atoms. The zero-order valence-electron chi connectivity index (χ0n) is 9.31. The third-order valence-corrected chi connectivity index (χ3v) is 2.54. The number of nitrogens with one attached hydrogen (secondary N) is 1. The van der Waals surface area contributed by atoms with Gasteiger partial charge >= 0.3 is 0 Å². The lowest BCUT2D eigenvalue weighted by Gasteiger charge is -2.03.